The predicted octanol–water partition coefficient (Wildman–Crippen LogP) is 2.43. The van der Waals surface area contributed by atoms with Gasteiger partial charge in [-0.05, 0) is 75.5 Å². The first-order valence-electron chi connectivity index (χ1n) is 9.64. The highest BCUT2D eigenvalue weighted by Gasteiger charge is 2.50. The van der Waals surface area contributed by atoms with Crippen LogP contribution in [-0.2, 0) is 9.53 Å². The van der Waals surface area contributed by atoms with E-state index in [0.29, 0.717) is 12.0 Å². The standard InChI is InChI=1S/C19H32N2O2/c1-13-9-21(10-14(2)23-13)11-18(22)20-12-19-6-15-3-16(7-19)5-17(4-15)8-19/h13-17H,3-12H2,1-2H3,(H,20,22)/t13-,14-,15?,16?,17?,19?/m0/s1. The average molecular weight is 320 g/mol. The molecule has 1 aliphatic heterocycles. The lowest BCUT2D eigenvalue weighted by molar-refractivity contribution is -0.128. The zero-order chi connectivity index (χ0) is 16.0. The molecular weight excluding hydrogens is 288 g/mol. The van der Waals surface area contributed by atoms with Gasteiger partial charge in [0.1, 0.15) is 0 Å². The van der Waals surface area contributed by atoms with Crippen molar-refractivity contribution in [2.75, 3.05) is 26.2 Å². The van der Waals surface area contributed by atoms with Crippen molar-refractivity contribution in [3.63, 3.8) is 0 Å². The number of ether oxygens (including phenoxy) is 1. The summed E-state index contributed by atoms with van der Waals surface area (Å²) < 4.78 is 5.75. The van der Waals surface area contributed by atoms with Crippen LogP contribution in [0.2, 0.25) is 0 Å². The molecule has 23 heavy (non-hydrogen) atoms. The molecule has 5 rings (SSSR count). The third-order valence-electron chi connectivity index (χ3n) is 6.69. The quantitative estimate of drug-likeness (QED) is 0.865. The highest BCUT2D eigenvalue weighted by Crippen LogP contribution is 2.59. The number of nitrogens with zero attached hydrogens (tertiary/aromatic N) is 1. The average Bonchev–Trinajstić information content (AvgIpc) is 2.42. The van der Waals surface area contributed by atoms with Crippen LogP contribution in [0.15, 0.2) is 0 Å². The molecule has 130 valence electrons. The summed E-state index contributed by atoms with van der Waals surface area (Å²) >= 11 is 0. The molecule has 4 saturated carbocycles. The van der Waals surface area contributed by atoms with Gasteiger partial charge in [0.05, 0.1) is 18.8 Å². The summed E-state index contributed by atoms with van der Waals surface area (Å²) in [5.74, 6) is 3.08. The van der Waals surface area contributed by atoms with Crippen molar-refractivity contribution >= 4 is 5.91 Å². The maximum atomic E-state index is 12.4. The minimum absolute atomic E-state index is 0.210. The Morgan fingerprint density at radius 3 is 2.09 bits per heavy atom. The van der Waals surface area contributed by atoms with Crippen molar-refractivity contribution in [2.45, 2.75) is 64.6 Å². The zero-order valence-corrected chi connectivity index (χ0v) is 14.7. The van der Waals surface area contributed by atoms with Crippen LogP contribution >= 0.6 is 0 Å². The second-order valence-corrected chi connectivity index (χ2v) is 9.15. The van der Waals surface area contributed by atoms with Crippen LogP contribution in [0.5, 0.6) is 0 Å². The molecule has 1 N–H and O–H groups in total. The van der Waals surface area contributed by atoms with E-state index < -0.39 is 0 Å². The number of carbonyl (C=O) groups is 1. The lowest BCUT2D eigenvalue weighted by Crippen LogP contribution is -2.53. The van der Waals surface area contributed by atoms with E-state index in [9.17, 15) is 4.79 Å². The monoisotopic (exact) mass is 320 g/mol. The van der Waals surface area contributed by atoms with Crippen molar-refractivity contribution in [1.29, 1.82) is 0 Å². The first-order valence-corrected chi connectivity index (χ1v) is 9.64. The Morgan fingerprint density at radius 2 is 1.57 bits per heavy atom. The zero-order valence-electron chi connectivity index (χ0n) is 14.7. The van der Waals surface area contributed by atoms with E-state index in [1.807, 2.05) is 0 Å². The van der Waals surface area contributed by atoms with Gasteiger partial charge in [0.2, 0.25) is 5.91 Å². The van der Waals surface area contributed by atoms with Gasteiger partial charge in [-0.15, -0.1) is 0 Å². The number of morpholine rings is 1. The van der Waals surface area contributed by atoms with Crippen LogP contribution in [0, 0.1) is 23.2 Å². The largest absolute Gasteiger partial charge is 0.373 e. The van der Waals surface area contributed by atoms with E-state index in [1.54, 1.807) is 0 Å². The van der Waals surface area contributed by atoms with Gasteiger partial charge in [-0.1, -0.05) is 0 Å². The topological polar surface area (TPSA) is 41.6 Å². The smallest absolute Gasteiger partial charge is 0.234 e. The van der Waals surface area contributed by atoms with E-state index in [-0.39, 0.29) is 18.1 Å². The van der Waals surface area contributed by atoms with Crippen LogP contribution in [0.3, 0.4) is 0 Å². The van der Waals surface area contributed by atoms with Gasteiger partial charge < -0.3 is 10.1 Å². The summed E-state index contributed by atoms with van der Waals surface area (Å²) in [6.45, 7) is 7.38. The van der Waals surface area contributed by atoms with Crippen molar-refractivity contribution in [2.24, 2.45) is 23.2 Å². The van der Waals surface area contributed by atoms with Gasteiger partial charge in [0.15, 0.2) is 0 Å². The summed E-state index contributed by atoms with van der Waals surface area (Å²) in [5.41, 5.74) is 0.440. The van der Waals surface area contributed by atoms with Crippen molar-refractivity contribution in [1.82, 2.24) is 10.2 Å². The van der Waals surface area contributed by atoms with Gasteiger partial charge in [-0.2, -0.15) is 0 Å². The minimum atomic E-state index is 0.210. The molecule has 0 aromatic rings. The van der Waals surface area contributed by atoms with Crippen LogP contribution in [0.25, 0.3) is 0 Å². The van der Waals surface area contributed by atoms with Crippen LogP contribution in [-0.4, -0.2) is 49.2 Å². The van der Waals surface area contributed by atoms with E-state index in [1.165, 1.54) is 38.5 Å². The third kappa shape index (κ3) is 3.43. The third-order valence-corrected chi connectivity index (χ3v) is 6.69. The van der Waals surface area contributed by atoms with Gasteiger partial charge in [0, 0.05) is 19.6 Å². The maximum Gasteiger partial charge on any atom is 0.234 e. The number of hydrogen-bond donors (Lipinski definition) is 1. The summed E-state index contributed by atoms with van der Waals surface area (Å²) in [7, 11) is 0. The lowest BCUT2D eigenvalue weighted by atomic mass is 9.49. The Bertz CT molecular complexity index is 419. The second kappa shape index (κ2) is 6.03. The number of rotatable bonds is 4. The molecular formula is C19H32N2O2. The molecule has 4 aliphatic carbocycles. The predicted molar refractivity (Wildman–Crippen MR) is 90.1 cm³/mol. The molecule has 4 heteroatoms. The van der Waals surface area contributed by atoms with Crippen molar-refractivity contribution in [3.8, 4) is 0 Å². The van der Waals surface area contributed by atoms with Gasteiger partial charge in [-0.25, -0.2) is 0 Å². The Labute approximate surface area is 140 Å². The lowest BCUT2D eigenvalue weighted by Gasteiger charge is -2.57. The highest BCUT2D eigenvalue weighted by molar-refractivity contribution is 5.78. The van der Waals surface area contributed by atoms with Crippen molar-refractivity contribution < 1.29 is 9.53 Å². The molecule has 0 unspecified atom stereocenters. The fourth-order valence-corrected chi connectivity index (χ4v) is 6.47. The normalized spacial score (nSPS) is 46.1. The summed E-state index contributed by atoms with van der Waals surface area (Å²) in [6, 6.07) is 0. The second-order valence-electron chi connectivity index (χ2n) is 9.15. The molecule has 0 spiro atoms. The number of carbonyl (C=O) groups excluding carboxylic acids is 1. The molecule has 4 nitrogen and oxygen atoms in total. The molecule has 5 aliphatic rings. The number of amides is 1. The first-order chi connectivity index (χ1) is 11.0. The fraction of sp³-hybridized carbons (Fsp3) is 0.947. The highest BCUT2D eigenvalue weighted by atomic mass is 16.5. The minimum Gasteiger partial charge on any atom is -0.373 e. The molecule has 4 bridgehead atoms. The van der Waals surface area contributed by atoms with Gasteiger partial charge in [-0.3, -0.25) is 9.69 Å². The van der Waals surface area contributed by atoms with Gasteiger partial charge >= 0.3 is 0 Å². The van der Waals surface area contributed by atoms with Gasteiger partial charge in [0.25, 0.3) is 0 Å². The fourth-order valence-electron chi connectivity index (χ4n) is 6.47. The van der Waals surface area contributed by atoms with Crippen LogP contribution in [0.1, 0.15) is 52.4 Å². The van der Waals surface area contributed by atoms with E-state index in [0.717, 1.165) is 37.4 Å². The van der Waals surface area contributed by atoms with E-state index in [4.69, 9.17) is 4.74 Å². The Hall–Kier alpha value is -0.610. The molecule has 0 aromatic carbocycles. The summed E-state index contributed by atoms with van der Waals surface area (Å²) in [4.78, 5) is 14.7. The molecule has 1 saturated heterocycles. The van der Waals surface area contributed by atoms with E-state index >= 15 is 0 Å². The summed E-state index contributed by atoms with van der Waals surface area (Å²) in [6.07, 6.45) is 8.97. The molecule has 1 amide bonds. The molecule has 0 aromatic heterocycles. The molecule has 1 heterocycles. The summed E-state index contributed by atoms with van der Waals surface area (Å²) in [5, 5.41) is 3.30. The molecule has 5 fully saturated rings. The Kier molecular flexibility index (Phi) is 4.17. The first kappa shape index (κ1) is 15.9. The Balaban J connectivity index is 1.28. The van der Waals surface area contributed by atoms with Crippen LogP contribution in [0.4, 0.5) is 0 Å². The number of nitrogens with one attached hydrogen (secondary N) is 1. The molecule has 0 radical (unpaired) electrons. The Morgan fingerprint density at radius 1 is 1.04 bits per heavy atom. The SMILES string of the molecule is C[C@H]1CN(CC(=O)NCC23CC4CC(CC(C4)C2)C3)C[C@H](C)O1. The van der Waals surface area contributed by atoms with E-state index in [2.05, 4.69) is 24.1 Å². The molecule has 2 atom stereocenters. The number of hydrogen-bond acceptors (Lipinski definition) is 3. The maximum absolute atomic E-state index is 12.4. The van der Waals surface area contributed by atoms with Crippen molar-refractivity contribution in [3.05, 3.63) is 0 Å². The van der Waals surface area contributed by atoms with Crippen LogP contribution < -0.4 is 5.32 Å².